The number of nitrogens with two attached hydrogens (primary N) is 1. The molecule has 22 heavy (non-hydrogen) atoms. The minimum absolute atomic E-state index is 0.0950. The molecule has 0 saturated heterocycles. The van der Waals surface area contributed by atoms with Crippen LogP contribution in [0.25, 0.3) is 11.1 Å². The van der Waals surface area contributed by atoms with E-state index < -0.39 is 15.6 Å². The molecular formula is C14H22N4O3S. The molecule has 8 heteroatoms. The third-order valence-corrected chi connectivity index (χ3v) is 5.67. The van der Waals surface area contributed by atoms with Gasteiger partial charge in [-0.05, 0) is 25.3 Å². The number of pyridine rings is 1. The van der Waals surface area contributed by atoms with Gasteiger partial charge in [0.1, 0.15) is 4.90 Å². The summed E-state index contributed by atoms with van der Waals surface area (Å²) in [5, 5.41) is 4.51. The average Bonchev–Trinajstić information content (AvgIpc) is 2.95. The summed E-state index contributed by atoms with van der Waals surface area (Å²) in [4.78, 5) is 4.14. The van der Waals surface area contributed by atoms with E-state index in [4.69, 9.17) is 10.3 Å². The molecule has 122 valence electrons. The molecule has 0 aliphatic rings. The number of aryl methyl sites for hydroxylation is 1. The molecule has 0 spiro atoms. The van der Waals surface area contributed by atoms with Crippen LogP contribution in [-0.4, -0.2) is 30.6 Å². The highest BCUT2D eigenvalue weighted by atomic mass is 32.2. The van der Waals surface area contributed by atoms with Crippen molar-refractivity contribution in [2.45, 2.75) is 50.5 Å². The molecule has 0 radical (unpaired) electrons. The first-order valence-electron chi connectivity index (χ1n) is 7.39. The third-order valence-electron chi connectivity index (χ3n) is 4.12. The van der Waals surface area contributed by atoms with Gasteiger partial charge >= 0.3 is 0 Å². The van der Waals surface area contributed by atoms with Crippen LogP contribution in [0, 0.1) is 0 Å². The SMILES string of the molecule is CCc1noc2ncc(S(=O)(=O)NC(CC)(CC)CN)cc12. The lowest BCUT2D eigenvalue weighted by Crippen LogP contribution is -2.52. The molecule has 0 amide bonds. The molecule has 0 bridgehead atoms. The number of hydrogen-bond acceptors (Lipinski definition) is 6. The first-order valence-corrected chi connectivity index (χ1v) is 8.88. The molecule has 0 aliphatic carbocycles. The van der Waals surface area contributed by atoms with E-state index in [9.17, 15) is 8.42 Å². The van der Waals surface area contributed by atoms with Crippen molar-refractivity contribution in [1.29, 1.82) is 0 Å². The van der Waals surface area contributed by atoms with E-state index in [2.05, 4.69) is 14.9 Å². The van der Waals surface area contributed by atoms with E-state index in [-0.39, 0.29) is 11.4 Å². The van der Waals surface area contributed by atoms with Gasteiger partial charge in [-0.1, -0.05) is 25.9 Å². The number of fused-ring (bicyclic) bond motifs is 1. The van der Waals surface area contributed by atoms with Crippen LogP contribution in [0.4, 0.5) is 0 Å². The van der Waals surface area contributed by atoms with Crippen molar-refractivity contribution in [3.05, 3.63) is 18.0 Å². The van der Waals surface area contributed by atoms with Crippen molar-refractivity contribution in [2.24, 2.45) is 5.73 Å². The van der Waals surface area contributed by atoms with Crippen LogP contribution in [0.2, 0.25) is 0 Å². The van der Waals surface area contributed by atoms with Gasteiger partial charge < -0.3 is 10.3 Å². The van der Waals surface area contributed by atoms with Gasteiger partial charge in [0.05, 0.1) is 17.3 Å². The largest absolute Gasteiger partial charge is 0.336 e. The number of rotatable bonds is 7. The molecule has 0 fully saturated rings. The van der Waals surface area contributed by atoms with Gasteiger partial charge in [0.25, 0.3) is 5.71 Å². The van der Waals surface area contributed by atoms with Crippen molar-refractivity contribution < 1.29 is 12.9 Å². The molecule has 2 rings (SSSR count). The highest BCUT2D eigenvalue weighted by Crippen LogP contribution is 2.23. The smallest absolute Gasteiger partial charge is 0.258 e. The van der Waals surface area contributed by atoms with E-state index in [1.54, 1.807) is 6.07 Å². The Hall–Kier alpha value is -1.51. The van der Waals surface area contributed by atoms with Crippen molar-refractivity contribution in [3.63, 3.8) is 0 Å². The van der Waals surface area contributed by atoms with Gasteiger partial charge in [0.2, 0.25) is 10.0 Å². The Kier molecular flexibility index (Phi) is 4.84. The lowest BCUT2D eigenvalue weighted by Gasteiger charge is -2.30. The van der Waals surface area contributed by atoms with E-state index in [0.717, 1.165) is 0 Å². The molecule has 2 aromatic rings. The summed E-state index contributed by atoms with van der Waals surface area (Å²) in [6.45, 7) is 5.98. The third kappa shape index (κ3) is 2.99. The van der Waals surface area contributed by atoms with Gasteiger partial charge in [-0.25, -0.2) is 18.1 Å². The zero-order valence-electron chi connectivity index (χ0n) is 13.1. The molecule has 7 nitrogen and oxygen atoms in total. The lowest BCUT2D eigenvalue weighted by molar-refractivity contribution is 0.363. The second kappa shape index (κ2) is 6.31. The second-order valence-corrected chi connectivity index (χ2v) is 6.99. The molecule has 0 aliphatic heterocycles. The number of nitrogens with one attached hydrogen (secondary N) is 1. The molecule has 2 aromatic heterocycles. The summed E-state index contributed by atoms with van der Waals surface area (Å²) >= 11 is 0. The topological polar surface area (TPSA) is 111 Å². The zero-order valence-corrected chi connectivity index (χ0v) is 13.9. The van der Waals surface area contributed by atoms with Crippen LogP contribution in [-0.2, 0) is 16.4 Å². The maximum atomic E-state index is 12.6. The number of nitrogens with zero attached hydrogens (tertiary/aromatic N) is 2. The molecule has 2 heterocycles. The first-order chi connectivity index (χ1) is 10.4. The van der Waals surface area contributed by atoms with E-state index in [0.29, 0.717) is 36.1 Å². The summed E-state index contributed by atoms with van der Waals surface area (Å²) in [5.74, 6) is 0. The van der Waals surface area contributed by atoms with Crippen LogP contribution >= 0.6 is 0 Å². The molecule has 0 unspecified atom stereocenters. The zero-order chi connectivity index (χ0) is 16.4. The normalized spacial score (nSPS) is 12.9. The fraction of sp³-hybridized carbons (Fsp3) is 0.571. The maximum Gasteiger partial charge on any atom is 0.258 e. The Morgan fingerprint density at radius 2 is 2.00 bits per heavy atom. The maximum absolute atomic E-state index is 12.6. The molecular weight excluding hydrogens is 304 g/mol. The standard InChI is InChI=1S/C14H22N4O3S/c1-4-12-11-7-10(8-16-13(11)21-17-12)22(19,20)18-14(5-2,6-3)9-15/h7-8,18H,4-6,9,15H2,1-3H3. The predicted molar refractivity (Wildman–Crippen MR) is 83.9 cm³/mol. The monoisotopic (exact) mass is 326 g/mol. The Bertz CT molecular complexity index is 742. The summed E-state index contributed by atoms with van der Waals surface area (Å²) in [5.41, 5.74) is 6.15. The minimum atomic E-state index is -3.71. The molecule has 0 atom stereocenters. The molecule has 3 N–H and O–H groups in total. The average molecular weight is 326 g/mol. The van der Waals surface area contributed by atoms with Crippen molar-refractivity contribution in [3.8, 4) is 0 Å². The van der Waals surface area contributed by atoms with E-state index in [1.165, 1.54) is 6.20 Å². The Morgan fingerprint density at radius 1 is 1.32 bits per heavy atom. The number of aromatic nitrogens is 2. The van der Waals surface area contributed by atoms with Gasteiger partial charge in [0, 0.05) is 12.1 Å². The summed E-state index contributed by atoms with van der Waals surface area (Å²) < 4.78 is 33.1. The molecule has 0 aromatic carbocycles. The van der Waals surface area contributed by atoms with Crippen LogP contribution < -0.4 is 10.5 Å². The summed E-state index contributed by atoms with van der Waals surface area (Å²) in [6.07, 6.45) is 3.15. The fourth-order valence-electron chi connectivity index (χ4n) is 2.33. The molecule has 0 saturated carbocycles. The summed E-state index contributed by atoms with van der Waals surface area (Å²) in [6, 6.07) is 1.55. The van der Waals surface area contributed by atoms with E-state index in [1.807, 2.05) is 20.8 Å². The lowest BCUT2D eigenvalue weighted by atomic mass is 9.95. The minimum Gasteiger partial charge on any atom is -0.336 e. The Labute approximate surface area is 130 Å². The highest BCUT2D eigenvalue weighted by molar-refractivity contribution is 7.89. The Morgan fingerprint density at radius 3 is 2.55 bits per heavy atom. The van der Waals surface area contributed by atoms with Gasteiger partial charge in [-0.3, -0.25) is 0 Å². The van der Waals surface area contributed by atoms with Crippen LogP contribution in [0.15, 0.2) is 21.7 Å². The number of hydrogen-bond donors (Lipinski definition) is 2. The Balaban J connectivity index is 2.45. The van der Waals surface area contributed by atoms with Gasteiger partial charge in [0.15, 0.2) is 0 Å². The predicted octanol–water partition coefficient (Wildman–Crippen LogP) is 1.58. The fourth-order valence-corrected chi connectivity index (χ4v) is 3.86. The van der Waals surface area contributed by atoms with Gasteiger partial charge in [-0.15, -0.1) is 0 Å². The first kappa shape index (κ1) is 16.9. The van der Waals surface area contributed by atoms with Crippen LogP contribution in [0.5, 0.6) is 0 Å². The summed E-state index contributed by atoms with van der Waals surface area (Å²) in [7, 11) is -3.71. The van der Waals surface area contributed by atoms with Crippen molar-refractivity contribution in [1.82, 2.24) is 14.9 Å². The van der Waals surface area contributed by atoms with Gasteiger partial charge in [-0.2, -0.15) is 0 Å². The number of sulfonamides is 1. The van der Waals surface area contributed by atoms with Crippen LogP contribution in [0.1, 0.15) is 39.3 Å². The second-order valence-electron chi connectivity index (χ2n) is 5.30. The highest BCUT2D eigenvalue weighted by Gasteiger charge is 2.31. The van der Waals surface area contributed by atoms with Crippen molar-refractivity contribution >= 4 is 21.1 Å². The quantitative estimate of drug-likeness (QED) is 0.799. The van der Waals surface area contributed by atoms with Crippen molar-refractivity contribution in [2.75, 3.05) is 6.54 Å². The van der Waals surface area contributed by atoms with Crippen LogP contribution in [0.3, 0.4) is 0 Å². The van der Waals surface area contributed by atoms with E-state index >= 15 is 0 Å².